The van der Waals surface area contributed by atoms with Gasteiger partial charge < -0.3 is 9.64 Å². The van der Waals surface area contributed by atoms with E-state index in [0.29, 0.717) is 0 Å². The van der Waals surface area contributed by atoms with E-state index in [1.54, 1.807) is 0 Å². The van der Waals surface area contributed by atoms with Gasteiger partial charge in [0.1, 0.15) is 5.75 Å². The molecule has 1 fully saturated rings. The molecule has 30 heavy (non-hydrogen) atoms. The lowest BCUT2D eigenvalue weighted by atomic mass is 9.96. The molecule has 0 aromatic heterocycles. The molecule has 0 N–H and O–H groups in total. The van der Waals surface area contributed by atoms with Gasteiger partial charge in [0.2, 0.25) is 0 Å². The number of benzene rings is 3. The van der Waals surface area contributed by atoms with Crippen molar-refractivity contribution in [1.29, 1.82) is 0 Å². The third-order valence-electron chi connectivity index (χ3n) is 5.70. The molecule has 3 nitrogen and oxygen atoms in total. The number of halogens is 1. The number of rotatable bonds is 8. The van der Waals surface area contributed by atoms with E-state index in [1.807, 2.05) is 42.5 Å². The first kappa shape index (κ1) is 20.9. The van der Waals surface area contributed by atoms with Crippen LogP contribution in [0.15, 0.2) is 84.9 Å². The van der Waals surface area contributed by atoms with Gasteiger partial charge in [0, 0.05) is 37.7 Å². The number of hydrogen-bond acceptors (Lipinski definition) is 3. The van der Waals surface area contributed by atoms with Gasteiger partial charge in [-0.05, 0) is 41.8 Å². The minimum absolute atomic E-state index is 0.270. The summed E-state index contributed by atoms with van der Waals surface area (Å²) in [7, 11) is 0. The molecule has 0 radical (unpaired) electrons. The molecule has 1 aliphatic rings. The summed E-state index contributed by atoms with van der Waals surface area (Å²) in [4.78, 5) is 5.14. The SMILES string of the molecule is Clc1ccc(C(c2ccccc2)N2CCN(CCCOc3ccccc3)CC2)cc1. The van der Waals surface area contributed by atoms with Crippen LogP contribution >= 0.6 is 11.6 Å². The van der Waals surface area contributed by atoms with Gasteiger partial charge in [-0.25, -0.2) is 0 Å². The average Bonchev–Trinajstić information content (AvgIpc) is 2.81. The zero-order valence-electron chi connectivity index (χ0n) is 17.3. The molecule has 0 spiro atoms. The second kappa shape index (κ2) is 10.6. The van der Waals surface area contributed by atoms with Crippen molar-refractivity contribution < 1.29 is 4.74 Å². The second-order valence-electron chi connectivity index (χ2n) is 7.76. The van der Waals surface area contributed by atoms with E-state index in [2.05, 4.69) is 52.3 Å². The Hall–Kier alpha value is -2.33. The van der Waals surface area contributed by atoms with Crippen molar-refractivity contribution in [3.05, 3.63) is 101 Å². The number of piperazine rings is 1. The smallest absolute Gasteiger partial charge is 0.119 e. The van der Waals surface area contributed by atoms with Gasteiger partial charge in [-0.15, -0.1) is 0 Å². The Labute approximate surface area is 184 Å². The average molecular weight is 421 g/mol. The molecule has 4 heteroatoms. The van der Waals surface area contributed by atoms with E-state index in [1.165, 1.54) is 11.1 Å². The van der Waals surface area contributed by atoms with E-state index in [0.717, 1.165) is 56.5 Å². The summed E-state index contributed by atoms with van der Waals surface area (Å²) >= 11 is 6.14. The van der Waals surface area contributed by atoms with Crippen molar-refractivity contribution in [2.45, 2.75) is 12.5 Å². The molecule has 1 heterocycles. The lowest BCUT2D eigenvalue weighted by molar-refractivity contribution is 0.105. The topological polar surface area (TPSA) is 15.7 Å². The molecule has 0 aliphatic carbocycles. The molecule has 0 saturated carbocycles. The predicted molar refractivity (Wildman–Crippen MR) is 124 cm³/mol. The Kier molecular flexibility index (Phi) is 7.41. The summed E-state index contributed by atoms with van der Waals surface area (Å²) in [5, 5.41) is 0.785. The zero-order valence-corrected chi connectivity index (χ0v) is 18.0. The second-order valence-corrected chi connectivity index (χ2v) is 8.19. The summed E-state index contributed by atoms with van der Waals surface area (Å²) in [6.07, 6.45) is 1.05. The largest absolute Gasteiger partial charge is 0.494 e. The van der Waals surface area contributed by atoms with Gasteiger partial charge in [0.05, 0.1) is 12.6 Å². The molecule has 0 bridgehead atoms. The highest BCUT2D eigenvalue weighted by Crippen LogP contribution is 2.30. The first-order chi connectivity index (χ1) is 14.8. The first-order valence-electron chi connectivity index (χ1n) is 10.7. The standard InChI is InChI=1S/C26H29ClN2O/c27-24-14-12-23(13-15-24)26(22-8-3-1-4-9-22)29-19-17-28(18-20-29)16-7-21-30-25-10-5-2-6-11-25/h1-6,8-15,26H,7,16-21H2. The predicted octanol–water partition coefficient (Wildman–Crippen LogP) is 5.52. The molecule has 0 amide bonds. The number of para-hydroxylation sites is 1. The molecule has 156 valence electrons. The zero-order chi connectivity index (χ0) is 20.6. The fourth-order valence-corrected chi connectivity index (χ4v) is 4.26. The lowest BCUT2D eigenvalue weighted by Crippen LogP contribution is -2.48. The minimum atomic E-state index is 0.270. The molecule has 3 aromatic carbocycles. The van der Waals surface area contributed by atoms with Crippen molar-refractivity contribution in [3.63, 3.8) is 0 Å². The van der Waals surface area contributed by atoms with E-state index < -0.39 is 0 Å². The molecule has 3 aromatic rings. The normalized spacial score (nSPS) is 16.3. The van der Waals surface area contributed by atoms with Gasteiger partial charge in [0.15, 0.2) is 0 Å². The molecule has 1 saturated heterocycles. The van der Waals surface area contributed by atoms with Crippen molar-refractivity contribution >= 4 is 11.6 Å². The van der Waals surface area contributed by atoms with Crippen LogP contribution in [0.5, 0.6) is 5.75 Å². The highest BCUT2D eigenvalue weighted by molar-refractivity contribution is 6.30. The third kappa shape index (κ3) is 5.63. The highest BCUT2D eigenvalue weighted by atomic mass is 35.5. The fourth-order valence-electron chi connectivity index (χ4n) is 4.13. The molecular weight excluding hydrogens is 392 g/mol. The van der Waals surface area contributed by atoms with Gasteiger partial charge in [0.25, 0.3) is 0 Å². The minimum Gasteiger partial charge on any atom is -0.494 e. The Bertz CT molecular complexity index is 878. The van der Waals surface area contributed by atoms with Crippen LogP contribution in [0.2, 0.25) is 5.02 Å². The van der Waals surface area contributed by atoms with E-state index in [9.17, 15) is 0 Å². The Morgan fingerprint density at radius 1 is 0.733 bits per heavy atom. The fraction of sp³-hybridized carbons (Fsp3) is 0.308. The van der Waals surface area contributed by atoms with Crippen LogP contribution in [0.25, 0.3) is 0 Å². The van der Waals surface area contributed by atoms with E-state index in [4.69, 9.17) is 16.3 Å². The van der Waals surface area contributed by atoms with Crippen LogP contribution in [0.3, 0.4) is 0 Å². The van der Waals surface area contributed by atoms with Gasteiger partial charge in [-0.1, -0.05) is 72.3 Å². The van der Waals surface area contributed by atoms with Crippen LogP contribution in [-0.4, -0.2) is 49.1 Å². The molecule has 1 atom stereocenters. The van der Waals surface area contributed by atoms with Gasteiger partial charge >= 0.3 is 0 Å². The third-order valence-corrected chi connectivity index (χ3v) is 5.96. The summed E-state index contributed by atoms with van der Waals surface area (Å²) in [6.45, 7) is 6.13. The van der Waals surface area contributed by atoms with E-state index >= 15 is 0 Å². The summed E-state index contributed by atoms with van der Waals surface area (Å²) in [5.74, 6) is 0.955. The van der Waals surface area contributed by atoms with Crippen LogP contribution in [0, 0.1) is 0 Å². The number of ether oxygens (including phenoxy) is 1. The highest BCUT2D eigenvalue weighted by Gasteiger charge is 2.26. The number of hydrogen-bond donors (Lipinski definition) is 0. The maximum absolute atomic E-state index is 6.14. The Balaban J connectivity index is 1.32. The van der Waals surface area contributed by atoms with Crippen molar-refractivity contribution in [1.82, 2.24) is 9.80 Å². The van der Waals surface area contributed by atoms with Crippen LogP contribution < -0.4 is 4.74 Å². The molecular formula is C26H29ClN2O. The summed E-state index contributed by atoms with van der Waals surface area (Å²) in [6, 6.07) is 29.4. The summed E-state index contributed by atoms with van der Waals surface area (Å²) in [5.41, 5.74) is 2.64. The summed E-state index contributed by atoms with van der Waals surface area (Å²) < 4.78 is 5.83. The maximum Gasteiger partial charge on any atom is 0.119 e. The van der Waals surface area contributed by atoms with Gasteiger partial charge in [-0.3, -0.25) is 4.90 Å². The van der Waals surface area contributed by atoms with Gasteiger partial charge in [-0.2, -0.15) is 0 Å². The van der Waals surface area contributed by atoms with Crippen molar-refractivity contribution in [3.8, 4) is 5.75 Å². The van der Waals surface area contributed by atoms with Crippen molar-refractivity contribution in [2.75, 3.05) is 39.3 Å². The Morgan fingerprint density at radius 3 is 2.00 bits per heavy atom. The molecule has 1 unspecified atom stereocenters. The monoisotopic (exact) mass is 420 g/mol. The Morgan fingerprint density at radius 2 is 1.33 bits per heavy atom. The lowest BCUT2D eigenvalue weighted by Gasteiger charge is -2.39. The molecule has 1 aliphatic heterocycles. The molecule has 4 rings (SSSR count). The van der Waals surface area contributed by atoms with Crippen LogP contribution in [0.1, 0.15) is 23.6 Å². The maximum atomic E-state index is 6.14. The van der Waals surface area contributed by atoms with E-state index in [-0.39, 0.29) is 6.04 Å². The van der Waals surface area contributed by atoms with Crippen LogP contribution in [-0.2, 0) is 0 Å². The quantitative estimate of drug-likeness (QED) is 0.446. The van der Waals surface area contributed by atoms with Crippen LogP contribution in [0.4, 0.5) is 0 Å². The number of nitrogens with zero attached hydrogens (tertiary/aromatic N) is 2. The first-order valence-corrected chi connectivity index (χ1v) is 11.1. The van der Waals surface area contributed by atoms with Crippen molar-refractivity contribution in [2.24, 2.45) is 0 Å².